The van der Waals surface area contributed by atoms with E-state index in [1.807, 2.05) is 37.4 Å². The third kappa shape index (κ3) is 2.88. The molecule has 1 aromatic carbocycles. The predicted molar refractivity (Wildman–Crippen MR) is 67.9 cm³/mol. The molecule has 1 heterocycles. The molecule has 2 aromatic rings. The van der Waals surface area contributed by atoms with Gasteiger partial charge < -0.3 is 14.4 Å². The van der Waals surface area contributed by atoms with Gasteiger partial charge in [0.1, 0.15) is 0 Å². The third-order valence-corrected chi connectivity index (χ3v) is 2.82. The van der Waals surface area contributed by atoms with E-state index in [2.05, 4.69) is 4.90 Å². The van der Waals surface area contributed by atoms with Crippen LogP contribution in [-0.2, 0) is 6.54 Å². The summed E-state index contributed by atoms with van der Waals surface area (Å²) in [6, 6.07) is 9.89. The number of aliphatic hydroxyl groups excluding tert-OH is 1. The monoisotopic (exact) mass is 231 g/mol. The molecule has 0 amide bonds. The van der Waals surface area contributed by atoms with Gasteiger partial charge in [-0.2, -0.15) is 0 Å². The zero-order valence-corrected chi connectivity index (χ0v) is 10.1. The van der Waals surface area contributed by atoms with E-state index in [1.165, 1.54) is 0 Å². The molecule has 0 aliphatic heterocycles. The fraction of sp³-hybridized carbons (Fsp3) is 0.286. The fourth-order valence-corrected chi connectivity index (χ4v) is 1.76. The van der Waals surface area contributed by atoms with Crippen molar-refractivity contribution >= 4 is 5.69 Å². The van der Waals surface area contributed by atoms with Crippen LogP contribution in [0.1, 0.15) is 24.2 Å². The first kappa shape index (κ1) is 11.7. The number of benzene rings is 1. The maximum atomic E-state index is 9.43. The standard InChI is InChI=1S/C14H17NO2/c1-11(16)13-3-5-14(6-4-13)15(2)9-12-7-8-17-10-12/h3-8,10-11,16H,9H2,1-2H3. The Kier molecular flexibility index (Phi) is 3.49. The maximum Gasteiger partial charge on any atom is 0.0952 e. The van der Waals surface area contributed by atoms with Gasteiger partial charge in [0.15, 0.2) is 0 Å². The molecule has 0 spiro atoms. The maximum absolute atomic E-state index is 9.43. The lowest BCUT2D eigenvalue weighted by Crippen LogP contribution is -2.15. The van der Waals surface area contributed by atoms with Gasteiger partial charge in [-0.15, -0.1) is 0 Å². The Morgan fingerprint density at radius 3 is 2.47 bits per heavy atom. The van der Waals surface area contributed by atoms with Crippen molar-refractivity contribution < 1.29 is 9.52 Å². The van der Waals surface area contributed by atoms with E-state index < -0.39 is 6.10 Å². The van der Waals surface area contributed by atoms with Crippen molar-refractivity contribution in [2.45, 2.75) is 19.6 Å². The molecule has 90 valence electrons. The molecule has 0 fully saturated rings. The van der Waals surface area contributed by atoms with E-state index in [1.54, 1.807) is 19.5 Å². The molecule has 0 saturated heterocycles. The van der Waals surface area contributed by atoms with Crippen LogP contribution in [0.2, 0.25) is 0 Å². The van der Waals surface area contributed by atoms with Crippen molar-refractivity contribution in [3.05, 3.63) is 54.0 Å². The second-order valence-electron chi connectivity index (χ2n) is 4.26. The molecule has 2 rings (SSSR count). The van der Waals surface area contributed by atoms with E-state index in [-0.39, 0.29) is 0 Å². The molecular formula is C14H17NO2. The number of anilines is 1. The van der Waals surface area contributed by atoms with Crippen molar-refractivity contribution in [2.75, 3.05) is 11.9 Å². The SMILES string of the molecule is CC(O)c1ccc(N(C)Cc2ccoc2)cc1. The first-order chi connectivity index (χ1) is 8.16. The second kappa shape index (κ2) is 5.06. The zero-order chi connectivity index (χ0) is 12.3. The highest BCUT2D eigenvalue weighted by molar-refractivity contribution is 5.47. The first-order valence-corrected chi connectivity index (χ1v) is 5.67. The lowest BCUT2D eigenvalue weighted by atomic mass is 10.1. The van der Waals surface area contributed by atoms with Crippen LogP contribution in [0.25, 0.3) is 0 Å². The largest absolute Gasteiger partial charge is 0.472 e. The van der Waals surface area contributed by atoms with Gasteiger partial charge in [0, 0.05) is 24.8 Å². The molecule has 3 nitrogen and oxygen atoms in total. The molecule has 1 aromatic heterocycles. The van der Waals surface area contributed by atoms with Gasteiger partial charge in [-0.25, -0.2) is 0 Å². The van der Waals surface area contributed by atoms with Gasteiger partial charge in [0.25, 0.3) is 0 Å². The summed E-state index contributed by atoms with van der Waals surface area (Å²) in [7, 11) is 2.03. The zero-order valence-electron chi connectivity index (χ0n) is 10.1. The molecule has 0 aliphatic rings. The van der Waals surface area contributed by atoms with E-state index >= 15 is 0 Å². The van der Waals surface area contributed by atoms with E-state index in [0.717, 1.165) is 23.4 Å². The molecule has 1 N–H and O–H groups in total. The van der Waals surface area contributed by atoms with Crippen molar-refractivity contribution in [2.24, 2.45) is 0 Å². The van der Waals surface area contributed by atoms with Gasteiger partial charge in [-0.1, -0.05) is 12.1 Å². The quantitative estimate of drug-likeness (QED) is 0.878. The Bertz CT molecular complexity index is 446. The van der Waals surface area contributed by atoms with Crippen LogP contribution in [0.15, 0.2) is 47.3 Å². The number of furan rings is 1. The summed E-state index contributed by atoms with van der Waals surface area (Å²) in [6.07, 6.45) is 3.02. The van der Waals surface area contributed by atoms with Crippen molar-refractivity contribution in [1.29, 1.82) is 0 Å². The minimum absolute atomic E-state index is 0.414. The molecule has 0 radical (unpaired) electrons. The minimum atomic E-state index is -0.414. The minimum Gasteiger partial charge on any atom is -0.472 e. The van der Waals surface area contributed by atoms with Crippen LogP contribution in [-0.4, -0.2) is 12.2 Å². The van der Waals surface area contributed by atoms with E-state index in [0.29, 0.717) is 0 Å². The fourth-order valence-electron chi connectivity index (χ4n) is 1.76. The third-order valence-electron chi connectivity index (χ3n) is 2.82. The Labute approximate surface area is 101 Å². The van der Waals surface area contributed by atoms with Gasteiger partial charge in [0.05, 0.1) is 18.6 Å². The summed E-state index contributed by atoms with van der Waals surface area (Å²) in [5, 5.41) is 9.43. The van der Waals surface area contributed by atoms with Gasteiger partial charge in [0.2, 0.25) is 0 Å². The van der Waals surface area contributed by atoms with E-state index in [9.17, 15) is 5.11 Å². The number of aliphatic hydroxyl groups is 1. The van der Waals surface area contributed by atoms with Crippen molar-refractivity contribution in [3.8, 4) is 0 Å². The van der Waals surface area contributed by atoms with Crippen molar-refractivity contribution in [3.63, 3.8) is 0 Å². The molecule has 3 heteroatoms. The first-order valence-electron chi connectivity index (χ1n) is 5.67. The highest BCUT2D eigenvalue weighted by Gasteiger charge is 2.05. The van der Waals surface area contributed by atoms with Crippen LogP contribution in [0, 0.1) is 0 Å². The highest BCUT2D eigenvalue weighted by atomic mass is 16.3. The van der Waals surface area contributed by atoms with Gasteiger partial charge in [-0.3, -0.25) is 0 Å². The second-order valence-corrected chi connectivity index (χ2v) is 4.26. The van der Waals surface area contributed by atoms with Crippen molar-refractivity contribution in [1.82, 2.24) is 0 Å². The summed E-state index contributed by atoms with van der Waals surface area (Å²) in [4.78, 5) is 2.14. The van der Waals surface area contributed by atoms with Crippen LogP contribution in [0.3, 0.4) is 0 Å². The van der Waals surface area contributed by atoms with Crippen LogP contribution >= 0.6 is 0 Å². The summed E-state index contributed by atoms with van der Waals surface area (Å²) in [6.45, 7) is 2.58. The molecule has 1 unspecified atom stereocenters. The smallest absolute Gasteiger partial charge is 0.0952 e. The lowest BCUT2D eigenvalue weighted by Gasteiger charge is -2.19. The summed E-state index contributed by atoms with van der Waals surface area (Å²) in [5.41, 5.74) is 3.20. The lowest BCUT2D eigenvalue weighted by molar-refractivity contribution is 0.199. The van der Waals surface area contributed by atoms with Crippen LogP contribution < -0.4 is 4.90 Å². The molecular weight excluding hydrogens is 214 g/mol. The molecule has 1 atom stereocenters. The molecule has 0 saturated carbocycles. The Balaban J connectivity index is 2.06. The Hall–Kier alpha value is -1.74. The number of hydrogen-bond donors (Lipinski definition) is 1. The normalized spacial score (nSPS) is 12.4. The topological polar surface area (TPSA) is 36.6 Å². The number of rotatable bonds is 4. The van der Waals surface area contributed by atoms with Gasteiger partial charge in [-0.05, 0) is 30.7 Å². The average Bonchev–Trinajstić information content (AvgIpc) is 2.82. The predicted octanol–water partition coefficient (Wildman–Crippen LogP) is 2.97. The number of hydrogen-bond acceptors (Lipinski definition) is 3. The van der Waals surface area contributed by atoms with Crippen LogP contribution in [0.4, 0.5) is 5.69 Å². The molecule has 17 heavy (non-hydrogen) atoms. The van der Waals surface area contributed by atoms with Gasteiger partial charge >= 0.3 is 0 Å². The summed E-state index contributed by atoms with van der Waals surface area (Å²) >= 11 is 0. The number of nitrogens with zero attached hydrogens (tertiary/aromatic N) is 1. The molecule has 0 bridgehead atoms. The van der Waals surface area contributed by atoms with Crippen LogP contribution in [0.5, 0.6) is 0 Å². The highest BCUT2D eigenvalue weighted by Crippen LogP contribution is 2.19. The Morgan fingerprint density at radius 1 is 1.24 bits per heavy atom. The summed E-state index contributed by atoms with van der Waals surface area (Å²) < 4.78 is 5.04. The summed E-state index contributed by atoms with van der Waals surface area (Å²) in [5.74, 6) is 0. The average molecular weight is 231 g/mol. The van der Waals surface area contributed by atoms with E-state index in [4.69, 9.17) is 4.42 Å². The Morgan fingerprint density at radius 2 is 1.94 bits per heavy atom. The molecule has 0 aliphatic carbocycles.